The van der Waals surface area contributed by atoms with Gasteiger partial charge in [0.1, 0.15) is 11.7 Å². The summed E-state index contributed by atoms with van der Waals surface area (Å²) in [5, 5.41) is 7.73. The first kappa shape index (κ1) is 28.1. The van der Waals surface area contributed by atoms with Gasteiger partial charge in [-0.3, -0.25) is 24.1 Å². The van der Waals surface area contributed by atoms with Gasteiger partial charge in [-0.15, -0.1) is 0 Å². The second kappa shape index (κ2) is 14.2. The van der Waals surface area contributed by atoms with Crippen LogP contribution in [0.3, 0.4) is 0 Å². The highest BCUT2D eigenvalue weighted by atomic mass is 16.5. The highest BCUT2D eigenvalue weighted by Gasteiger charge is 2.29. The lowest BCUT2D eigenvalue weighted by Gasteiger charge is -2.25. The minimum atomic E-state index is -0.845. The van der Waals surface area contributed by atoms with Crippen LogP contribution in [0.4, 0.5) is 4.79 Å². The van der Waals surface area contributed by atoms with E-state index in [-0.39, 0.29) is 69.0 Å². The number of carbonyl (C=O) groups excluding carboxylic acids is 6. The van der Waals surface area contributed by atoms with Crippen LogP contribution in [0, 0.1) is 5.92 Å². The lowest BCUT2D eigenvalue weighted by Crippen LogP contribution is -2.54. The van der Waals surface area contributed by atoms with E-state index in [0.29, 0.717) is 12.8 Å². The molecular weight excluding hydrogens is 433 g/mol. The summed E-state index contributed by atoms with van der Waals surface area (Å²) in [5.41, 5.74) is 4.76. The van der Waals surface area contributed by atoms with Crippen molar-refractivity contribution >= 4 is 43.2 Å². The van der Waals surface area contributed by atoms with Gasteiger partial charge in [0.05, 0.1) is 25.8 Å². The molecule has 1 saturated heterocycles. The van der Waals surface area contributed by atoms with Crippen molar-refractivity contribution in [3.8, 4) is 0 Å². The maximum Gasteiger partial charge on any atom is 0.312 e. The highest BCUT2D eigenvalue weighted by molar-refractivity contribution is 6.59. The molecule has 5 N–H and O–H groups in total. The molecule has 13 heteroatoms. The molecule has 1 aliphatic rings. The van der Waals surface area contributed by atoms with Crippen molar-refractivity contribution in [3.05, 3.63) is 0 Å². The molecule has 0 aliphatic carbocycles. The number of ether oxygens (including phenoxy) is 1. The third-order valence-electron chi connectivity index (χ3n) is 5.13. The number of nitrogens with zero attached hydrogens (tertiary/aromatic N) is 1. The molecule has 1 rings (SSSR count). The first-order valence-corrected chi connectivity index (χ1v) is 11.1. The van der Waals surface area contributed by atoms with Crippen molar-refractivity contribution in [2.45, 2.75) is 58.0 Å². The quantitative estimate of drug-likeness (QED) is 0.120. The van der Waals surface area contributed by atoms with Crippen LogP contribution in [0.5, 0.6) is 0 Å². The Hall–Kier alpha value is -2.96. The third kappa shape index (κ3) is 10.5. The van der Waals surface area contributed by atoms with Crippen molar-refractivity contribution in [3.63, 3.8) is 0 Å². The van der Waals surface area contributed by atoms with Crippen LogP contribution in [0.15, 0.2) is 0 Å². The molecule has 0 aromatic carbocycles. The Morgan fingerprint density at radius 2 is 1.73 bits per heavy atom. The van der Waals surface area contributed by atoms with Crippen molar-refractivity contribution < 1.29 is 33.5 Å². The average Bonchev–Trinajstić information content (AvgIpc) is 3.05. The van der Waals surface area contributed by atoms with Gasteiger partial charge in [0.15, 0.2) is 7.85 Å². The van der Waals surface area contributed by atoms with Gasteiger partial charge in [-0.1, -0.05) is 13.8 Å². The van der Waals surface area contributed by atoms with Crippen LogP contribution >= 0.6 is 0 Å². The maximum absolute atomic E-state index is 12.7. The molecule has 1 heterocycles. The second-order valence-corrected chi connectivity index (χ2v) is 8.20. The van der Waals surface area contributed by atoms with Gasteiger partial charge in [0, 0.05) is 25.8 Å². The zero-order valence-corrected chi connectivity index (χ0v) is 19.5. The number of likely N-dealkylation sites (tertiary alicyclic amines) is 1. The molecule has 0 aromatic heterocycles. The van der Waals surface area contributed by atoms with Gasteiger partial charge in [-0.05, 0) is 18.8 Å². The normalized spacial score (nSPS) is 15.3. The largest absolute Gasteiger partial charge is 0.379 e. The first-order valence-electron chi connectivity index (χ1n) is 11.1. The molecule has 1 aliphatic heterocycles. The fourth-order valence-corrected chi connectivity index (χ4v) is 3.23. The SMILES string of the molecule is BC(=O)[C@H](CCCNC(N)=O)NC(=O)C(NC(=O)CCOCCN1C(=O)CCC1=O)C(C)C. The number of hydrogen-bond acceptors (Lipinski definition) is 7. The van der Waals surface area contributed by atoms with Crippen molar-refractivity contribution in [1.82, 2.24) is 20.9 Å². The van der Waals surface area contributed by atoms with Crippen LogP contribution in [-0.4, -0.2) is 86.5 Å². The summed E-state index contributed by atoms with van der Waals surface area (Å²) in [5.74, 6) is -1.55. The van der Waals surface area contributed by atoms with Gasteiger partial charge in [0.25, 0.3) is 0 Å². The summed E-state index contributed by atoms with van der Waals surface area (Å²) in [6, 6.07) is -2.25. The van der Waals surface area contributed by atoms with Crippen LogP contribution in [0.25, 0.3) is 0 Å². The molecule has 12 nitrogen and oxygen atoms in total. The average molecular weight is 467 g/mol. The zero-order valence-electron chi connectivity index (χ0n) is 19.5. The number of amides is 6. The standard InChI is InChI=1S/C20H34BN5O7/c1-12(2)17(19(31)24-13(18(21)30)4-3-8-23-20(22)32)25-14(27)7-10-33-11-9-26-15(28)5-6-16(26)29/h12-13,17H,3-11,21H2,1-2H3,(H,24,31)(H,25,27)(H3,22,23,32)/t13-,17?/m0/s1. The number of carbonyl (C=O) groups is 6. The summed E-state index contributed by atoms with van der Waals surface area (Å²) in [7, 11) is 1.36. The van der Waals surface area contributed by atoms with E-state index >= 15 is 0 Å². The number of rotatable bonds is 15. The Kier molecular flexibility index (Phi) is 12.1. The van der Waals surface area contributed by atoms with E-state index in [0.717, 1.165) is 4.90 Å². The fraction of sp³-hybridized carbons (Fsp3) is 0.700. The third-order valence-corrected chi connectivity index (χ3v) is 5.13. The summed E-state index contributed by atoms with van der Waals surface area (Å²) in [6.45, 7) is 4.16. The number of nitrogens with two attached hydrogens (primary N) is 1. The minimum absolute atomic E-state index is 0.00663. The van der Waals surface area contributed by atoms with Crippen LogP contribution in [-0.2, 0) is 28.7 Å². The van der Waals surface area contributed by atoms with Gasteiger partial charge < -0.3 is 31.2 Å². The van der Waals surface area contributed by atoms with Crippen LogP contribution in [0.1, 0.15) is 46.0 Å². The van der Waals surface area contributed by atoms with E-state index in [1.807, 2.05) is 0 Å². The molecule has 6 amide bonds. The molecule has 0 radical (unpaired) electrons. The summed E-state index contributed by atoms with van der Waals surface area (Å²) in [6.07, 6.45) is 1.19. The minimum Gasteiger partial charge on any atom is -0.379 e. The lowest BCUT2D eigenvalue weighted by atomic mass is 9.91. The highest BCUT2D eigenvalue weighted by Crippen LogP contribution is 2.10. The molecule has 0 aromatic rings. The van der Waals surface area contributed by atoms with E-state index in [4.69, 9.17) is 10.5 Å². The monoisotopic (exact) mass is 467 g/mol. The topological polar surface area (TPSA) is 177 Å². The summed E-state index contributed by atoms with van der Waals surface area (Å²) < 4.78 is 5.34. The van der Waals surface area contributed by atoms with Gasteiger partial charge in [-0.2, -0.15) is 0 Å². The fourth-order valence-electron chi connectivity index (χ4n) is 3.23. The van der Waals surface area contributed by atoms with E-state index < -0.39 is 29.9 Å². The number of imide groups is 1. The Morgan fingerprint density at radius 3 is 2.27 bits per heavy atom. The number of nitrogens with one attached hydrogen (secondary N) is 3. The van der Waals surface area contributed by atoms with E-state index in [9.17, 15) is 28.8 Å². The lowest BCUT2D eigenvalue weighted by molar-refractivity contribution is -0.139. The zero-order chi connectivity index (χ0) is 25.0. The molecule has 33 heavy (non-hydrogen) atoms. The van der Waals surface area contributed by atoms with Gasteiger partial charge in [-0.25, -0.2) is 4.79 Å². The Balaban J connectivity index is 2.42. The number of primary amides is 1. The molecule has 184 valence electrons. The summed E-state index contributed by atoms with van der Waals surface area (Å²) >= 11 is 0. The number of hydrogen-bond donors (Lipinski definition) is 4. The molecule has 1 unspecified atom stereocenters. The Labute approximate surface area is 194 Å². The molecule has 0 spiro atoms. The first-order chi connectivity index (χ1) is 15.5. The molecule has 0 bridgehead atoms. The number of urea groups is 1. The predicted molar refractivity (Wildman–Crippen MR) is 120 cm³/mol. The van der Waals surface area contributed by atoms with Crippen molar-refractivity contribution in [2.75, 3.05) is 26.3 Å². The predicted octanol–water partition coefficient (Wildman–Crippen LogP) is -2.22. The van der Waals surface area contributed by atoms with Gasteiger partial charge >= 0.3 is 6.03 Å². The summed E-state index contributed by atoms with van der Waals surface area (Å²) in [4.78, 5) is 71.8. The van der Waals surface area contributed by atoms with E-state index in [1.54, 1.807) is 13.8 Å². The second-order valence-electron chi connectivity index (χ2n) is 8.20. The smallest absolute Gasteiger partial charge is 0.312 e. The van der Waals surface area contributed by atoms with Crippen molar-refractivity contribution in [2.24, 2.45) is 11.7 Å². The van der Waals surface area contributed by atoms with Crippen molar-refractivity contribution in [1.29, 1.82) is 0 Å². The molecular formula is C20H34BN5O7. The molecule has 2 atom stereocenters. The van der Waals surface area contributed by atoms with Crippen LogP contribution < -0.4 is 21.7 Å². The maximum atomic E-state index is 12.7. The van der Waals surface area contributed by atoms with Crippen LogP contribution in [0.2, 0.25) is 0 Å². The Bertz CT molecular complexity index is 730. The molecule has 1 fully saturated rings. The van der Waals surface area contributed by atoms with E-state index in [2.05, 4.69) is 16.0 Å². The molecule has 0 saturated carbocycles. The Morgan fingerprint density at radius 1 is 1.09 bits per heavy atom. The van der Waals surface area contributed by atoms with E-state index in [1.165, 1.54) is 7.85 Å². The van der Waals surface area contributed by atoms with Gasteiger partial charge in [0.2, 0.25) is 23.6 Å².